The Kier molecular flexibility index (Phi) is 4.09. The van der Waals surface area contributed by atoms with Gasteiger partial charge in [-0.1, -0.05) is 18.2 Å². The van der Waals surface area contributed by atoms with Gasteiger partial charge in [0.25, 0.3) is 0 Å². The molecule has 0 bridgehead atoms. The Bertz CT molecular complexity index is 1280. The second-order valence-electron chi connectivity index (χ2n) is 5.85. The van der Waals surface area contributed by atoms with Crippen LogP contribution < -0.4 is 10.0 Å². The van der Waals surface area contributed by atoms with Crippen LogP contribution in [0.5, 0.6) is 0 Å². The van der Waals surface area contributed by atoms with Crippen LogP contribution in [0.4, 0.5) is 11.5 Å². The highest BCUT2D eigenvalue weighted by Crippen LogP contribution is 2.31. The van der Waals surface area contributed by atoms with E-state index in [1.54, 1.807) is 24.3 Å². The van der Waals surface area contributed by atoms with Gasteiger partial charge in [0.2, 0.25) is 10.0 Å². The predicted octanol–water partition coefficient (Wildman–Crippen LogP) is 2.58. The first-order valence-corrected chi connectivity index (χ1v) is 9.52. The maximum atomic E-state index is 12.0. The molecule has 0 aliphatic heterocycles. The van der Waals surface area contributed by atoms with Crippen molar-refractivity contribution in [2.75, 3.05) is 12.4 Å². The average molecular weight is 381 g/mol. The van der Waals surface area contributed by atoms with Crippen LogP contribution in [-0.2, 0) is 10.0 Å². The van der Waals surface area contributed by atoms with E-state index in [2.05, 4.69) is 25.0 Å². The standard InChI is InChI=1S/C18H15N5O3S/c1-19-27(25,26)13-4-2-3-12(8-13)22-17-16-14-6-5-11(9-24)7-15(14)23-18(16)21-10-20-17/h2-10,19H,1H3,(H2,20,21,22,23). The van der Waals surface area contributed by atoms with Gasteiger partial charge >= 0.3 is 0 Å². The van der Waals surface area contributed by atoms with E-state index in [9.17, 15) is 13.2 Å². The van der Waals surface area contributed by atoms with Gasteiger partial charge in [-0.15, -0.1) is 0 Å². The summed E-state index contributed by atoms with van der Waals surface area (Å²) in [7, 11) is -2.18. The number of hydrogen-bond acceptors (Lipinski definition) is 6. The smallest absolute Gasteiger partial charge is 0.240 e. The van der Waals surface area contributed by atoms with Gasteiger partial charge < -0.3 is 10.3 Å². The molecule has 0 aliphatic carbocycles. The Morgan fingerprint density at radius 2 is 1.96 bits per heavy atom. The third-order valence-electron chi connectivity index (χ3n) is 4.23. The minimum absolute atomic E-state index is 0.148. The molecular weight excluding hydrogens is 366 g/mol. The second-order valence-corrected chi connectivity index (χ2v) is 7.74. The Balaban J connectivity index is 1.83. The molecule has 3 N–H and O–H groups in total. The molecule has 9 heteroatoms. The van der Waals surface area contributed by atoms with Crippen LogP contribution in [0.2, 0.25) is 0 Å². The van der Waals surface area contributed by atoms with Crippen LogP contribution >= 0.6 is 0 Å². The number of aromatic amines is 1. The van der Waals surface area contributed by atoms with Crippen LogP contribution in [-0.4, -0.2) is 36.7 Å². The van der Waals surface area contributed by atoms with Crippen LogP contribution in [0.15, 0.2) is 53.7 Å². The van der Waals surface area contributed by atoms with E-state index in [4.69, 9.17) is 0 Å². The summed E-state index contributed by atoms with van der Waals surface area (Å²) in [5.74, 6) is 0.532. The first-order valence-electron chi connectivity index (χ1n) is 8.04. The van der Waals surface area contributed by atoms with Crippen molar-refractivity contribution in [1.82, 2.24) is 19.7 Å². The third-order valence-corrected chi connectivity index (χ3v) is 5.64. The van der Waals surface area contributed by atoms with E-state index in [1.807, 2.05) is 6.07 Å². The van der Waals surface area contributed by atoms with E-state index in [-0.39, 0.29) is 4.90 Å². The summed E-state index contributed by atoms with van der Waals surface area (Å²) in [5, 5.41) is 4.77. The molecule has 27 heavy (non-hydrogen) atoms. The quantitative estimate of drug-likeness (QED) is 0.458. The molecule has 8 nitrogen and oxygen atoms in total. The summed E-state index contributed by atoms with van der Waals surface area (Å²) in [5.41, 5.74) is 2.51. The summed E-state index contributed by atoms with van der Waals surface area (Å²) in [6, 6.07) is 11.7. The van der Waals surface area contributed by atoms with Crippen molar-refractivity contribution in [3.8, 4) is 0 Å². The number of carbonyl (C=O) groups excluding carboxylic acids is 1. The lowest BCUT2D eigenvalue weighted by atomic mass is 10.1. The lowest BCUT2D eigenvalue weighted by Gasteiger charge is -2.09. The largest absolute Gasteiger partial charge is 0.340 e. The highest BCUT2D eigenvalue weighted by molar-refractivity contribution is 7.89. The lowest BCUT2D eigenvalue weighted by Crippen LogP contribution is -2.18. The van der Waals surface area contributed by atoms with Crippen LogP contribution in [0.3, 0.4) is 0 Å². The number of aldehydes is 1. The predicted molar refractivity (Wildman–Crippen MR) is 103 cm³/mol. The summed E-state index contributed by atoms with van der Waals surface area (Å²) in [6.45, 7) is 0. The summed E-state index contributed by atoms with van der Waals surface area (Å²) in [6.07, 6.45) is 2.19. The van der Waals surface area contributed by atoms with Gasteiger partial charge in [0.05, 0.1) is 10.3 Å². The molecule has 0 atom stereocenters. The summed E-state index contributed by atoms with van der Waals surface area (Å²) < 4.78 is 26.3. The highest BCUT2D eigenvalue weighted by Gasteiger charge is 2.14. The number of nitrogens with zero attached hydrogens (tertiary/aromatic N) is 2. The number of aromatic nitrogens is 3. The third kappa shape index (κ3) is 3.03. The average Bonchev–Trinajstić information content (AvgIpc) is 3.06. The normalized spacial score (nSPS) is 11.7. The molecular formula is C18H15N5O3S. The monoisotopic (exact) mass is 381 g/mol. The molecule has 0 aliphatic rings. The fourth-order valence-corrected chi connectivity index (χ4v) is 3.69. The minimum atomic E-state index is -3.55. The lowest BCUT2D eigenvalue weighted by molar-refractivity contribution is 0.112. The number of rotatable bonds is 5. The maximum Gasteiger partial charge on any atom is 0.240 e. The van der Waals surface area contributed by atoms with Crippen molar-refractivity contribution < 1.29 is 13.2 Å². The van der Waals surface area contributed by atoms with Crippen molar-refractivity contribution in [3.63, 3.8) is 0 Å². The van der Waals surface area contributed by atoms with Gasteiger partial charge in [-0.25, -0.2) is 23.1 Å². The topological polar surface area (TPSA) is 117 Å². The Morgan fingerprint density at radius 1 is 1.11 bits per heavy atom. The maximum absolute atomic E-state index is 12.0. The van der Waals surface area contributed by atoms with E-state index < -0.39 is 10.0 Å². The number of anilines is 2. The Hall–Kier alpha value is -3.30. The van der Waals surface area contributed by atoms with Gasteiger partial charge in [-0.2, -0.15) is 0 Å². The van der Waals surface area contributed by atoms with Crippen LogP contribution in [0.25, 0.3) is 21.9 Å². The first-order chi connectivity index (χ1) is 13.0. The zero-order valence-electron chi connectivity index (χ0n) is 14.2. The molecule has 0 fully saturated rings. The van der Waals surface area contributed by atoms with E-state index in [0.29, 0.717) is 22.7 Å². The molecule has 2 heterocycles. The summed E-state index contributed by atoms with van der Waals surface area (Å²) >= 11 is 0. The molecule has 136 valence electrons. The number of fused-ring (bicyclic) bond motifs is 3. The molecule has 0 amide bonds. The highest BCUT2D eigenvalue weighted by atomic mass is 32.2. The van der Waals surface area contributed by atoms with Gasteiger partial charge in [0, 0.05) is 22.2 Å². The van der Waals surface area contributed by atoms with Crippen molar-refractivity contribution in [3.05, 3.63) is 54.4 Å². The number of H-pyrrole nitrogens is 1. The van der Waals surface area contributed by atoms with Crippen LogP contribution in [0, 0.1) is 0 Å². The molecule has 2 aromatic heterocycles. The molecule has 0 unspecified atom stereocenters. The van der Waals surface area contributed by atoms with Crippen molar-refractivity contribution in [2.45, 2.75) is 4.90 Å². The van der Waals surface area contributed by atoms with E-state index >= 15 is 0 Å². The number of sulfonamides is 1. The fraction of sp³-hybridized carbons (Fsp3) is 0.0556. The van der Waals surface area contributed by atoms with Gasteiger partial charge in [-0.3, -0.25) is 4.79 Å². The minimum Gasteiger partial charge on any atom is -0.340 e. The van der Waals surface area contributed by atoms with E-state index in [0.717, 1.165) is 22.6 Å². The first kappa shape index (κ1) is 17.1. The fourth-order valence-electron chi connectivity index (χ4n) is 2.91. The van der Waals surface area contributed by atoms with Crippen molar-refractivity contribution in [2.24, 2.45) is 0 Å². The zero-order valence-corrected chi connectivity index (χ0v) is 15.0. The van der Waals surface area contributed by atoms with Gasteiger partial charge in [0.1, 0.15) is 24.1 Å². The number of carbonyl (C=O) groups is 1. The van der Waals surface area contributed by atoms with Crippen molar-refractivity contribution in [1.29, 1.82) is 0 Å². The molecule has 0 spiro atoms. The Labute approximate surface area is 154 Å². The summed E-state index contributed by atoms with van der Waals surface area (Å²) in [4.78, 5) is 22.9. The molecule has 2 aromatic carbocycles. The van der Waals surface area contributed by atoms with Crippen molar-refractivity contribution >= 4 is 49.8 Å². The molecule has 4 rings (SSSR count). The van der Waals surface area contributed by atoms with Gasteiger partial charge in [-0.05, 0) is 31.3 Å². The van der Waals surface area contributed by atoms with Crippen LogP contribution in [0.1, 0.15) is 10.4 Å². The molecule has 0 saturated carbocycles. The SMILES string of the molecule is CNS(=O)(=O)c1cccc(Nc2ncnc3[nH]c4cc(C=O)ccc4c23)c1. The number of benzene rings is 2. The zero-order chi connectivity index (χ0) is 19.0. The van der Waals surface area contributed by atoms with Gasteiger partial charge in [0.15, 0.2) is 0 Å². The molecule has 0 saturated heterocycles. The molecule has 0 radical (unpaired) electrons. The van der Waals surface area contributed by atoms with E-state index in [1.165, 1.54) is 25.5 Å². The second kappa shape index (κ2) is 6.45. The molecule has 4 aromatic rings. The number of hydrogen-bond donors (Lipinski definition) is 3. The Morgan fingerprint density at radius 3 is 2.74 bits per heavy atom. The number of nitrogens with one attached hydrogen (secondary N) is 3.